The monoisotopic (exact) mass is 219 g/mol. The highest BCUT2D eigenvalue weighted by Gasteiger charge is 1.93. The van der Waals surface area contributed by atoms with Crippen molar-refractivity contribution in [1.29, 1.82) is 0 Å². The fourth-order valence-electron chi connectivity index (χ4n) is 0.604. The molecule has 0 unspecified atom stereocenters. The van der Waals surface area contributed by atoms with Gasteiger partial charge in [-0.1, -0.05) is 15.9 Å². The van der Waals surface area contributed by atoms with E-state index in [1.165, 1.54) is 12.3 Å². The minimum Gasteiger partial charge on any atom is -0.491 e. The molecule has 0 saturated heterocycles. The highest BCUT2D eigenvalue weighted by molar-refractivity contribution is 9.09. The average molecular weight is 220 g/mol. The predicted molar refractivity (Wildman–Crippen MR) is 43.5 cm³/mol. The van der Waals surface area contributed by atoms with Gasteiger partial charge in [-0.05, 0) is 12.1 Å². The Morgan fingerprint density at radius 1 is 1.55 bits per heavy atom. The second-order valence-corrected chi connectivity index (χ2v) is 2.65. The smallest absolute Gasteiger partial charge is 0.213 e. The van der Waals surface area contributed by atoms with E-state index < -0.39 is 5.95 Å². The zero-order valence-corrected chi connectivity index (χ0v) is 7.34. The molecule has 0 atom stereocenters. The Balaban J connectivity index is 2.52. The molecule has 0 aliphatic heterocycles. The van der Waals surface area contributed by atoms with Crippen LogP contribution in [-0.2, 0) is 0 Å². The minimum atomic E-state index is -0.490. The standard InChI is InChI=1S/C7H7BrFNO/c8-3-4-11-6-1-2-7(9)10-5-6/h1-2,5H,3-4H2. The second-order valence-electron chi connectivity index (χ2n) is 1.85. The second kappa shape index (κ2) is 4.28. The lowest BCUT2D eigenvalue weighted by atomic mass is 10.4. The van der Waals surface area contributed by atoms with Gasteiger partial charge in [-0.25, -0.2) is 4.98 Å². The number of alkyl halides is 1. The molecule has 1 rings (SSSR count). The molecule has 4 heteroatoms. The van der Waals surface area contributed by atoms with Crippen molar-refractivity contribution in [2.75, 3.05) is 11.9 Å². The van der Waals surface area contributed by atoms with E-state index in [0.29, 0.717) is 12.4 Å². The van der Waals surface area contributed by atoms with Gasteiger partial charge in [-0.2, -0.15) is 4.39 Å². The van der Waals surface area contributed by atoms with Crippen LogP contribution in [0.5, 0.6) is 5.75 Å². The lowest BCUT2D eigenvalue weighted by Gasteiger charge is -2.01. The van der Waals surface area contributed by atoms with Crippen molar-refractivity contribution in [3.05, 3.63) is 24.3 Å². The molecule has 0 aliphatic rings. The summed E-state index contributed by atoms with van der Waals surface area (Å²) in [5, 5.41) is 0.754. The van der Waals surface area contributed by atoms with Crippen LogP contribution in [0.2, 0.25) is 0 Å². The van der Waals surface area contributed by atoms with Crippen molar-refractivity contribution in [2.45, 2.75) is 0 Å². The number of ether oxygens (including phenoxy) is 1. The van der Waals surface area contributed by atoms with Gasteiger partial charge in [0.1, 0.15) is 5.75 Å². The molecule has 0 spiro atoms. The van der Waals surface area contributed by atoms with Crippen molar-refractivity contribution in [2.24, 2.45) is 0 Å². The summed E-state index contributed by atoms with van der Waals surface area (Å²) in [4.78, 5) is 3.43. The topological polar surface area (TPSA) is 22.1 Å². The largest absolute Gasteiger partial charge is 0.491 e. The first-order valence-electron chi connectivity index (χ1n) is 3.13. The molecule has 1 aromatic heterocycles. The first-order valence-corrected chi connectivity index (χ1v) is 4.25. The van der Waals surface area contributed by atoms with Crippen molar-refractivity contribution < 1.29 is 9.13 Å². The van der Waals surface area contributed by atoms with E-state index in [-0.39, 0.29) is 0 Å². The van der Waals surface area contributed by atoms with Gasteiger partial charge in [0, 0.05) is 5.33 Å². The molecule has 0 N–H and O–H groups in total. The van der Waals surface area contributed by atoms with Crippen LogP contribution in [0.15, 0.2) is 18.3 Å². The predicted octanol–water partition coefficient (Wildman–Crippen LogP) is 1.99. The normalized spacial score (nSPS) is 9.64. The minimum absolute atomic E-state index is 0.490. The van der Waals surface area contributed by atoms with Crippen molar-refractivity contribution in [3.8, 4) is 5.75 Å². The van der Waals surface area contributed by atoms with Gasteiger partial charge >= 0.3 is 0 Å². The zero-order chi connectivity index (χ0) is 8.10. The Hall–Kier alpha value is -0.640. The van der Waals surface area contributed by atoms with Crippen LogP contribution in [0.4, 0.5) is 4.39 Å². The summed E-state index contributed by atoms with van der Waals surface area (Å²) in [6.45, 7) is 0.563. The fraction of sp³-hybridized carbons (Fsp3) is 0.286. The molecule has 11 heavy (non-hydrogen) atoms. The molecular weight excluding hydrogens is 213 g/mol. The van der Waals surface area contributed by atoms with E-state index in [1.54, 1.807) is 6.07 Å². The number of hydrogen-bond acceptors (Lipinski definition) is 2. The molecule has 1 aromatic rings. The quantitative estimate of drug-likeness (QED) is 0.574. The number of aromatic nitrogens is 1. The van der Waals surface area contributed by atoms with Gasteiger partial charge in [-0.3, -0.25) is 0 Å². The number of nitrogens with zero attached hydrogens (tertiary/aromatic N) is 1. The molecule has 60 valence electrons. The van der Waals surface area contributed by atoms with E-state index in [2.05, 4.69) is 20.9 Å². The molecule has 0 aliphatic carbocycles. The Kier molecular flexibility index (Phi) is 3.29. The molecule has 0 aromatic carbocycles. The lowest BCUT2D eigenvalue weighted by Crippen LogP contribution is -1.98. The zero-order valence-electron chi connectivity index (χ0n) is 5.76. The van der Waals surface area contributed by atoms with E-state index in [0.717, 1.165) is 5.33 Å². The summed E-state index contributed by atoms with van der Waals surface area (Å²) < 4.78 is 17.4. The van der Waals surface area contributed by atoms with Gasteiger partial charge < -0.3 is 4.74 Å². The van der Waals surface area contributed by atoms with Crippen molar-refractivity contribution >= 4 is 15.9 Å². The van der Waals surface area contributed by atoms with Crippen LogP contribution in [0, 0.1) is 5.95 Å². The molecule has 2 nitrogen and oxygen atoms in total. The Bertz CT molecular complexity index is 214. The Morgan fingerprint density at radius 3 is 2.91 bits per heavy atom. The SMILES string of the molecule is Fc1ccc(OCCBr)cn1. The number of hydrogen-bond donors (Lipinski definition) is 0. The van der Waals surface area contributed by atoms with Crippen LogP contribution in [-0.4, -0.2) is 16.9 Å². The number of halogens is 2. The maximum atomic E-state index is 12.2. The third kappa shape index (κ3) is 2.84. The van der Waals surface area contributed by atoms with Crippen LogP contribution in [0.1, 0.15) is 0 Å². The number of rotatable bonds is 3. The highest BCUT2D eigenvalue weighted by Crippen LogP contribution is 2.07. The molecular formula is C7H7BrFNO. The van der Waals surface area contributed by atoms with Crippen LogP contribution >= 0.6 is 15.9 Å². The van der Waals surface area contributed by atoms with Crippen LogP contribution < -0.4 is 4.74 Å². The third-order valence-corrected chi connectivity index (χ3v) is 1.37. The summed E-state index contributed by atoms with van der Waals surface area (Å²) in [5.41, 5.74) is 0. The van der Waals surface area contributed by atoms with Crippen molar-refractivity contribution in [1.82, 2.24) is 4.98 Å². The Morgan fingerprint density at radius 2 is 2.36 bits per heavy atom. The molecule has 0 radical (unpaired) electrons. The third-order valence-electron chi connectivity index (χ3n) is 1.05. The van der Waals surface area contributed by atoms with E-state index >= 15 is 0 Å². The summed E-state index contributed by atoms with van der Waals surface area (Å²) in [6, 6.07) is 2.81. The molecule has 0 saturated carbocycles. The van der Waals surface area contributed by atoms with Crippen LogP contribution in [0.25, 0.3) is 0 Å². The van der Waals surface area contributed by atoms with E-state index in [4.69, 9.17) is 4.74 Å². The van der Waals surface area contributed by atoms with E-state index in [9.17, 15) is 4.39 Å². The summed E-state index contributed by atoms with van der Waals surface area (Å²) >= 11 is 3.20. The maximum absolute atomic E-state index is 12.2. The highest BCUT2D eigenvalue weighted by atomic mass is 79.9. The van der Waals surface area contributed by atoms with Gasteiger partial charge in [0.15, 0.2) is 0 Å². The molecule has 0 amide bonds. The van der Waals surface area contributed by atoms with Gasteiger partial charge in [-0.15, -0.1) is 0 Å². The average Bonchev–Trinajstić information content (AvgIpc) is 2.04. The Labute approximate surface area is 72.5 Å². The van der Waals surface area contributed by atoms with E-state index in [1.807, 2.05) is 0 Å². The van der Waals surface area contributed by atoms with Gasteiger partial charge in [0.2, 0.25) is 5.95 Å². The number of pyridine rings is 1. The fourth-order valence-corrected chi connectivity index (χ4v) is 0.766. The first-order chi connectivity index (χ1) is 5.33. The van der Waals surface area contributed by atoms with Crippen molar-refractivity contribution in [3.63, 3.8) is 0 Å². The maximum Gasteiger partial charge on any atom is 0.213 e. The first kappa shape index (κ1) is 8.46. The summed E-state index contributed by atoms with van der Waals surface area (Å²) in [6.07, 6.45) is 1.36. The molecule has 0 bridgehead atoms. The molecule has 0 fully saturated rings. The molecule has 1 heterocycles. The summed E-state index contributed by atoms with van der Waals surface area (Å²) in [5.74, 6) is 0.0991. The van der Waals surface area contributed by atoms with Crippen LogP contribution in [0.3, 0.4) is 0 Å². The van der Waals surface area contributed by atoms with Gasteiger partial charge in [0.05, 0.1) is 12.8 Å². The summed E-state index contributed by atoms with van der Waals surface area (Å²) in [7, 11) is 0. The van der Waals surface area contributed by atoms with Gasteiger partial charge in [0.25, 0.3) is 0 Å². The lowest BCUT2D eigenvalue weighted by molar-refractivity contribution is 0.342.